The van der Waals surface area contributed by atoms with Crippen molar-refractivity contribution in [2.45, 2.75) is 33.0 Å². The molecular formula is C23H24N6O2. The van der Waals surface area contributed by atoms with Crippen LogP contribution < -0.4 is 4.90 Å². The molecule has 0 unspecified atom stereocenters. The lowest BCUT2D eigenvalue weighted by Gasteiger charge is -2.16. The van der Waals surface area contributed by atoms with Crippen molar-refractivity contribution in [2.24, 2.45) is 0 Å². The number of pyridine rings is 1. The van der Waals surface area contributed by atoms with Crippen LogP contribution in [0.5, 0.6) is 0 Å². The lowest BCUT2D eigenvalue weighted by molar-refractivity contribution is 0.0996. The van der Waals surface area contributed by atoms with E-state index in [2.05, 4.69) is 40.7 Å². The number of aromatic nitrogens is 5. The van der Waals surface area contributed by atoms with Crippen molar-refractivity contribution in [3.63, 3.8) is 0 Å². The molecule has 0 aliphatic carbocycles. The number of carbonyl (C=O) groups excluding carboxylic acids is 1. The molecule has 0 N–H and O–H groups in total. The minimum Gasteiger partial charge on any atom is -0.383 e. The van der Waals surface area contributed by atoms with Crippen LogP contribution in [0.15, 0.2) is 48.9 Å². The topological polar surface area (TPSA) is 78.1 Å². The quantitative estimate of drug-likeness (QED) is 0.479. The van der Waals surface area contributed by atoms with Gasteiger partial charge in [0, 0.05) is 37.0 Å². The van der Waals surface area contributed by atoms with Gasteiger partial charge in [0.05, 0.1) is 13.2 Å². The third-order valence-corrected chi connectivity index (χ3v) is 5.71. The Morgan fingerprint density at radius 1 is 1.19 bits per heavy atom. The molecular weight excluding hydrogens is 392 g/mol. The van der Waals surface area contributed by atoms with Crippen molar-refractivity contribution in [3.8, 4) is 11.5 Å². The summed E-state index contributed by atoms with van der Waals surface area (Å²) < 4.78 is 9.29. The molecule has 8 nitrogen and oxygen atoms in total. The van der Waals surface area contributed by atoms with Gasteiger partial charge in [0.25, 0.3) is 5.91 Å². The summed E-state index contributed by atoms with van der Waals surface area (Å²) in [6, 6.07) is 12.0. The highest BCUT2D eigenvalue weighted by Crippen LogP contribution is 2.32. The maximum atomic E-state index is 13.3. The third-order valence-electron chi connectivity index (χ3n) is 5.71. The first-order valence-corrected chi connectivity index (χ1v) is 10.4. The van der Waals surface area contributed by atoms with Crippen LogP contribution in [0.3, 0.4) is 0 Å². The smallest absolute Gasteiger partial charge is 0.260 e. The average molecular weight is 416 g/mol. The predicted molar refractivity (Wildman–Crippen MR) is 118 cm³/mol. The van der Waals surface area contributed by atoms with Gasteiger partial charge in [0.15, 0.2) is 5.82 Å². The van der Waals surface area contributed by atoms with Crippen molar-refractivity contribution in [3.05, 3.63) is 60.0 Å². The number of anilines is 1. The number of rotatable bonds is 6. The summed E-state index contributed by atoms with van der Waals surface area (Å²) in [4.78, 5) is 19.8. The lowest BCUT2D eigenvalue weighted by atomic mass is 10.1. The zero-order chi connectivity index (χ0) is 21.5. The Morgan fingerprint density at radius 2 is 2.06 bits per heavy atom. The molecule has 3 aromatic heterocycles. The second-order valence-electron chi connectivity index (χ2n) is 8.00. The minimum atomic E-state index is -0.0358. The average Bonchev–Trinajstić information content (AvgIpc) is 3.49. The number of amides is 1. The molecule has 0 atom stereocenters. The number of fused-ring (bicyclic) bond motifs is 2. The van der Waals surface area contributed by atoms with E-state index in [-0.39, 0.29) is 11.9 Å². The first-order valence-electron chi connectivity index (χ1n) is 10.4. The summed E-state index contributed by atoms with van der Waals surface area (Å²) in [5, 5.41) is 9.38. The summed E-state index contributed by atoms with van der Waals surface area (Å²) in [7, 11) is 1.69. The molecule has 0 radical (unpaired) electrons. The molecule has 0 saturated carbocycles. The zero-order valence-corrected chi connectivity index (χ0v) is 17.8. The van der Waals surface area contributed by atoms with Crippen molar-refractivity contribution < 1.29 is 9.53 Å². The van der Waals surface area contributed by atoms with E-state index in [1.165, 1.54) is 0 Å². The fourth-order valence-electron chi connectivity index (χ4n) is 4.07. The Labute approximate surface area is 180 Å². The van der Waals surface area contributed by atoms with Gasteiger partial charge in [0.2, 0.25) is 0 Å². The van der Waals surface area contributed by atoms with Crippen molar-refractivity contribution in [2.75, 3.05) is 18.6 Å². The zero-order valence-electron chi connectivity index (χ0n) is 17.8. The third kappa shape index (κ3) is 3.29. The monoisotopic (exact) mass is 416 g/mol. The summed E-state index contributed by atoms with van der Waals surface area (Å²) >= 11 is 0. The van der Waals surface area contributed by atoms with Gasteiger partial charge in [-0.3, -0.25) is 9.69 Å². The second-order valence-corrected chi connectivity index (χ2v) is 8.00. The molecule has 0 saturated heterocycles. The molecule has 1 amide bonds. The number of methoxy groups -OCH3 is 1. The van der Waals surface area contributed by atoms with Gasteiger partial charge in [-0.1, -0.05) is 6.07 Å². The van der Waals surface area contributed by atoms with Crippen LogP contribution in [0.4, 0.5) is 5.82 Å². The minimum absolute atomic E-state index is 0.0358. The molecule has 158 valence electrons. The highest BCUT2D eigenvalue weighted by Gasteiger charge is 2.30. The van der Waals surface area contributed by atoms with Crippen molar-refractivity contribution >= 4 is 22.6 Å². The Kier molecular flexibility index (Phi) is 4.78. The van der Waals surface area contributed by atoms with Crippen molar-refractivity contribution in [1.82, 2.24) is 24.3 Å². The first kappa shape index (κ1) is 19.4. The molecule has 4 aromatic rings. The maximum absolute atomic E-state index is 13.3. The SMILES string of the molecule is COCCn1ccc2cc3c(cc21)C(=O)N(c1cccc(-c2nncn2C(C)C)n1)C3. The number of hydrogen-bond acceptors (Lipinski definition) is 5. The first-order chi connectivity index (χ1) is 15.1. The van der Waals surface area contributed by atoms with Crippen LogP contribution in [-0.4, -0.2) is 43.9 Å². The van der Waals surface area contributed by atoms with E-state index in [1.807, 2.05) is 35.0 Å². The van der Waals surface area contributed by atoms with E-state index >= 15 is 0 Å². The normalized spacial score (nSPS) is 13.5. The standard InChI is InChI=1S/C23H24N6O2/c1-15(2)29-14-24-26-22(29)19-5-4-6-21(25-19)28-13-17-11-16-7-8-27(9-10-31-3)20(16)12-18(17)23(28)30/h4-8,11-12,14-15H,9-10,13H2,1-3H3. The molecule has 4 heterocycles. The van der Waals surface area contributed by atoms with Gasteiger partial charge in [0.1, 0.15) is 17.8 Å². The number of benzene rings is 1. The Bertz CT molecular complexity index is 1270. The summed E-state index contributed by atoms with van der Waals surface area (Å²) in [6.45, 7) is 6.01. The molecule has 1 aromatic carbocycles. The van der Waals surface area contributed by atoms with Crippen LogP contribution >= 0.6 is 0 Å². The van der Waals surface area contributed by atoms with E-state index in [0.717, 1.165) is 28.6 Å². The fourth-order valence-corrected chi connectivity index (χ4v) is 4.07. The summed E-state index contributed by atoms with van der Waals surface area (Å²) in [6.07, 6.45) is 3.74. The Morgan fingerprint density at radius 3 is 2.87 bits per heavy atom. The Hall–Kier alpha value is -3.52. The molecule has 0 bridgehead atoms. The van der Waals surface area contributed by atoms with Crippen LogP contribution in [0.2, 0.25) is 0 Å². The number of ether oxygens (including phenoxy) is 1. The van der Waals surface area contributed by atoms with Gasteiger partial charge in [-0.05, 0) is 55.1 Å². The van der Waals surface area contributed by atoms with Gasteiger partial charge in [-0.2, -0.15) is 0 Å². The van der Waals surface area contributed by atoms with Crippen molar-refractivity contribution in [1.29, 1.82) is 0 Å². The van der Waals surface area contributed by atoms with Crippen LogP contribution in [0, 0.1) is 0 Å². The fraction of sp³-hybridized carbons (Fsp3) is 0.304. The molecule has 1 aliphatic rings. The van der Waals surface area contributed by atoms with E-state index in [9.17, 15) is 4.79 Å². The van der Waals surface area contributed by atoms with Gasteiger partial charge in [-0.15, -0.1) is 10.2 Å². The summed E-state index contributed by atoms with van der Waals surface area (Å²) in [5.41, 5.74) is 3.48. The largest absolute Gasteiger partial charge is 0.383 e. The number of nitrogens with zero attached hydrogens (tertiary/aromatic N) is 6. The molecule has 8 heteroatoms. The lowest BCUT2D eigenvalue weighted by Crippen LogP contribution is -2.24. The van der Waals surface area contributed by atoms with E-state index in [1.54, 1.807) is 18.3 Å². The highest BCUT2D eigenvalue weighted by atomic mass is 16.5. The Balaban J connectivity index is 1.49. The molecule has 5 rings (SSSR count). The van der Waals surface area contributed by atoms with Gasteiger partial charge < -0.3 is 13.9 Å². The van der Waals surface area contributed by atoms with Crippen LogP contribution in [0.1, 0.15) is 35.8 Å². The van der Waals surface area contributed by atoms with E-state index in [0.29, 0.717) is 30.5 Å². The summed E-state index contributed by atoms with van der Waals surface area (Å²) in [5.74, 6) is 1.27. The van der Waals surface area contributed by atoms with Crippen LogP contribution in [-0.2, 0) is 17.8 Å². The number of hydrogen-bond donors (Lipinski definition) is 0. The van der Waals surface area contributed by atoms with E-state index < -0.39 is 0 Å². The molecule has 31 heavy (non-hydrogen) atoms. The van der Waals surface area contributed by atoms with Gasteiger partial charge in [-0.25, -0.2) is 4.98 Å². The number of carbonyl (C=O) groups is 1. The molecule has 0 fully saturated rings. The van der Waals surface area contributed by atoms with Crippen LogP contribution in [0.25, 0.3) is 22.4 Å². The maximum Gasteiger partial charge on any atom is 0.260 e. The molecule has 0 spiro atoms. The molecule has 1 aliphatic heterocycles. The van der Waals surface area contributed by atoms with Gasteiger partial charge >= 0.3 is 0 Å². The van der Waals surface area contributed by atoms with E-state index in [4.69, 9.17) is 9.72 Å². The second kappa shape index (κ2) is 7.63. The predicted octanol–water partition coefficient (Wildman–Crippen LogP) is 3.68. The highest BCUT2D eigenvalue weighted by molar-refractivity contribution is 6.11.